The number of aromatic amines is 1. The number of pyridine rings is 1. The van der Waals surface area contributed by atoms with E-state index in [9.17, 15) is 8.42 Å². The van der Waals surface area contributed by atoms with Gasteiger partial charge in [-0.05, 0) is 47.5 Å². The van der Waals surface area contributed by atoms with Crippen LogP contribution in [0.5, 0.6) is 0 Å². The fraction of sp³-hybridized carbons (Fsp3) is 0.150. The molecule has 4 rings (SSSR count). The Labute approximate surface area is 167 Å². The van der Waals surface area contributed by atoms with Gasteiger partial charge in [0.15, 0.2) is 0 Å². The molecular formula is C20H20N4O2S2. The predicted molar refractivity (Wildman–Crippen MR) is 114 cm³/mol. The molecule has 0 spiro atoms. The lowest BCUT2D eigenvalue weighted by atomic mass is 10.2. The first kappa shape index (κ1) is 18.7. The van der Waals surface area contributed by atoms with Crippen LogP contribution in [0.2, 0.25) is 0 Å². The van der Waals surface area contributed by atoms with Gasteiger partial charge in [-0.3, -0.25) is 0 Å². The quantitative estimate of drug-likeness (QED) is 0.504. The highest BCUT2D eigenvalue weighted by molar-refractivity contribution is 7.91. The molecule has 0 aliphatic heterocycles. The number of anilines is 1. The van der Waals surface area contributed by atoms with Gasteiger partial charge in [-0.1, -0.05) is 12.1 Å². The Morgan fingerprint density at radius 1 is 1.11 bits per heavy atom. The van der Waals surface area contributed by atoms with Crippen LogP contribution in [0.4, 0.5) is 5.69 Å². The summed E-state index contributed by atoms with van der Waals surface area (Å²) in [5.41, 5.74) is 3.71. The molecule has 0 atom stereocenters. The molecule has 2 N–H and O–H groups in total. The van der Waals surface area contributed by atoms with Gasteiger partial charge in [0.2, 0.25) is 10.0 Å². The monoisotopic (exact) mass is 412 g/mol. The Hall–Kier alpha value is -2.68. The van der Waals surface area contributed by atoms with Crippen molar-refractivity contribution in [3.63, 3.8) is 0 Å². The van der Waals surface area contributed by atoms with Crippen LogP contribution in [0.25, 0.3) is 21.5 Å². The molecule has 1 aromatic carbocycles. The summed E-state index contributed by atoms with van der Waals surface area (Å²) in [5.74, 6) is 0. The fourth-order valence-electron chi connectivity index (χ4n) is 2.95. The number of benzene rings is 1. The highest BCUT2D eigenvalue weighted by Crippen LogP contribution is 2.31. The number of fused-ring (bicyclic) bond motifs is 1. The molecule has 0 amide bonds. The van der Waals surface area contributed by atoms with E-state index in [1.807, 2.05) is 61.5 Å². The van der Waals surface area contributed by atoms with Gasteiger partial charge in [0.05, 0.1) is 0 Å². The van der Waals surface area contributed by atoms with Crippen molar-refractivity contribution in [2.24, 2.45) is 0 Å². The number of hydrogen-bond donors (Lipinski definition) is 2. The van der Waals surface area contributed by atoms with E-state index in [0.29, 0.717) is 4.21 Å². The molecule has 3 heterocycles. The van der Waals surface area contributed by atoms with E-state index in [-0.39, 0.29) is 6.54 Å². The zero-order chi connectivity index (χ0) is 19.7. The molecule has 0 saturated carbocycles. The number of H-pyrrole nitrogens is 1. The smallest absolute Gasteiger partial charge is 0.250 e. The molecule has 4 aromatic rings. The molecule has 0 bridgehead atoms. The SMILES string of the molecule is CN(C)c1ccc(-c2ccc(S(=O)(=O)NCc3c[nH]c4ncccc34)s2)cc1. The van der Waals surface area contributed by atoms with Crippen LogP contribution < -0.4 is 9.62 Å². The van der Waals surface area contributed by atoms with E-state index >= 15 is 0 Å². The van der Waals surface area contributed by atoms with Gasteiger partial charge < -0.3 is 9.88 Å². The summed E-state index contributed by atoms with van der Waals surface area (Å²) in [6.07, 6.45) is 3.48. The summed E-state index contributed by atoms with van der Waals surface area (Å²) in [5, 5.41) is 0.915. The zero-order valence-corrected chi connectivity index (χ0v) is 17.1. The first-order chi connectivity index (χ1) is 13.4. The maximum Gasteiger partial charge on any atom is 0.250 e. The van der Waals surface area contributed by atoms with Gasteiger partial charge in [0, 0.05) is 49.0 Å². The summed E-state index contributed by atoms with van der Waals surface area (Å²) in [4.78, 5) is 10.2. The van der Waals surface area contributed by atoms with Crippen LogP contribution in [-0.2, 0) is 16.6 Å². The van der Waals surface area contributed by atoms with Crippen molar-refractivity contribution in [1.82, 2.24) is 14.7 Å². The Balaban J connectivity index is 1.52. The van der Waals surface area contributed by atoms with Gasteiger partial charge >= 0.3 is 0 Å². The van der Waals surface area contributed by atoms with Crippen molar-refractivity contribution in [1.29, 1.82) is 0 Å². The Bertz CT molecular complexity index is 1210. The minimum absolute atomic E-state index is 0.207. The lowest BCUT2D eigenvalue weighted by Crippen LogP contribution is -2.22. The van der Waals surface area contributed by atoms with Crippen molar-refractivity contribution in [3.8, 4) is 10.4 Å². The van der Waals surface area contributed by atoms with Gasteiger partial charge in [0.25, 0.3) is 0 Å². The van der Waals surface area contributed by atoms with Crippen LogP contribution >= 0.6 is 11.3 Å². The standard InChI is InChI=1S/C20H20N4O2S2/c1-24(2)16-7-5-14(6-8-16)18-9-10-19(27-18)28(25,26)23-13-15-12-22-20-17(15)4-3-11-21-20/h3-12,23H,13H2,1-2H3,(H,21,22). The van der Waals surface area contributed by atoms with E-state index in [1.54, 1.807) is 18.5 Å². The maximum atomic E-state index is 12.7. The van der Waals surface area contributed by atoms with Crippen molar-refractivity contribution >= 4 is 38.1 Å². The molecule has 6 nitrogen and oxygen atoms in total. The summed E-state index contributed by atoms with van der Waals surface area (Å²) >= 11 is 1.26. The number of thiophene rings is 1. The molecule has 0 aliphatic rings. The molecule has 0 unspecified atom stereocenters. The van der Waals surface area contributed by atoms with Gasteiger partial charge in [-0.15, -0.1) is 11.3 Å². The van der Waals surface area contributed by atoms with Gasteiger partial charge in [-0.2, -0.15) is 0 Å². The number of rotatable bonds is 6. The number of aromatic nitrogens is 2. The van der Waals surface area contributed by atoms with Crippen molar-refractivity contribution in [3.05, 3.63) is 66.5 Å². The lowest BCUT2D eigenvalue weighted by molar-refractivity contribution is 0.583. The molecule has 0 saturated heterocycles. The third kappa shape index (κ3) is 3.66. The summed E-state index contributed by atoms with van der Waals surface area (Å²) in [6, 6.07) is 15.3. The second-order valence-corrected chi connectivity index (χ2v) is 9.68. The summed E-state index contributed by atoms with van der Waals surface area (Å²) in [7, 11) is 0.385. The third-order valence-corrected chi connectivity index (χ3v) is 7.53. The minimum atomic E-state index is -3.59. The maximum absolute atomic E-state index is 12.7. The van der Waals surface area contributed by atoms with E-state index in [2.05, 4.69) is 14.7 Å². The fourth-order valence-corrected chi connectivity index (χ4v) is 5.31. The topological polar surface area (TPSA) is 78.1 Å². The average molecular weight is 413 g/mol. The molecule has 0 radical (unpaired) electrons. The number of hydrogen-bond acceptors (Lipinski definition) is 5. The average Bonchev–Trinajstić information content (AvgIpc) is 3.34. The Morgan fingerprint density at radius 2 is 1.89 bits per heavy atom. The number of nitrogens with one attached hydrogen (secondary N) is 2. The second kappa shape index (κ2) is 7.38. The van der Waals surface area contributed by atoms with E-state index in [0.717, 1.165) is 32.7 Å². The Morgan fingerprint density at radius 3 is 2.64 bits per heavy atom. The third-order valence-electron chi connectivity index (χ3n) is 4.50. The second-order valence-electron chi connectivity index (χ2n) is 6.60. The zero-order valence-electron chi connectivity index (χ0n) is 15.5. The highest BCUT2D eigenvalue weighted by Gasteiger charge is 2.18. The molecular weight excluding hydrogens is 392 g/mol. The first-order valence-electron chi connectivity index (χ1n) is 8.72. The van der Waals surface area contributed by atoms with E-state index < -0.39 is 10.0 Å². The normalized spacial score (nSPS) is 11.8. The number of sulfonamides is 1. The van der Waals surface area contributed by atoms with E-state index in [1.165, 1.54) is 11.3 Å². The van der Waals surface area contributed by atoms with Crippen LogP contribution in [-0.4, -0.2) is 32.5 Å². The van der Waals surface area contributed by atoms with Crippen molar-refractivity contribution in [2.45, 2.75) is 10.8 Å². The number of nitrogens with zero attached hydrogens (tertiary/aromatic N) is 2. The summed E-state index contributed by atoms with van der Waals surface area (Å²) < 4.78 is 28.4. The molecule has 0 aliphatic carbocycles. The van der Waals surface area contributed by atoms with Gasteiger partial charge in [0.1, 0.15) is 9.86 Å². The van der Waals surface area contributed by atoms with E-state index in [4.69, 9.17) is 0 Å². The van der Waals surface area contributed by atoms with Crippen LogP contribution in [0.1, 0.15) is 5.56 Å². The molecule has 0 fully saturated rings. The molecule has 144 valence electrons. The Kier molecular flexibility index (Phi) is 4.92. The largest absolute Gasteiger partial charge is 0.378 e. The molecule has 28 heavy (non-hydrogen) atoms. The first-order valence-corrected chi connectivity index (χ1v) is 11.0. The predicted octanol–water partition coefficient (Wildman–Crippen LogP) is 3.84. The van der Waals surface area contributed by atoms with Crippen molar-refractivity contribution in [2.75, 3.05) is 19.0 Å². The minimum Gasteiger partial charge on any atom is -0.378 e. The highest BCUT2D eigenvalue weighted by atomic mass is 32.2. The summed E-state index contributed by atoms with van der Waals surface area (Å²) in [6.45, 7) is 0.207. The molecule has 3 aromatic heterocycles. The van der Waals surface area contributed by atoms with Gasteiger partial charge in [-0.25, -0.2) is 18.1 Å². The van der Waals surface area contributed by atoms with Crippen LogP contribution in [0.3, 0.4) is 0 Å². The van der Waals surface area contributed by atoms with Crippen molar-refractivity contribution < 1.29 is 8.42 Å². The molecule has 8 heteroatoms. The van der Waals surface area contributed by atoms with Crippen LogP contribution in [0, 0.1) is 0 Å². The van der Waals surface area contributed by atoms with Crippen LogP contribution in [0.15, 0.2) is 65.1 Å². The lowest BCUT2D eigenvalue weighted by Gasteiger charge is -2.12.